The number of hydrogen-bond donors (Lipinski definition) is 0. The molecule has 1 aromatic carbocycles. The van der Waals surface area contributed by atoms with Gasteiger partial charge in [0, 0.05) is 13.5 Å². The van der Waals surface area contributed by atoms with Gasteiger partial charge in [0.1, 0.15) is 6.07 Å². The molecule has 6 nitrogen and oxygen atoms in total. The smallest absolute Gasteiger partial charge is 0.332 e. The fourth-order valence-electron chi connectivity index (χ4n) is 1.98. The molecule has 1 atom stereocenters. The van der Waals surface area contributed by atoms with E-state index < -0.39 is 12.0 Å². The molecular formula is C18H22N2O4. The average Bonchev–Trinajstić information content (AvgIpc) is 2.61. The number of amides is 1. The van der Waals surface area contributed by atoms with Gasteiger partial charge in [-0.2, -0.15) is 5.26 Å². The van der Waals surface area contributed by atoms with Crippen LogP contribution in [0.5, 0.6) is 0 Å². The molecule has 0 aliphatic heterocycles. The maximum Gasteiger partial charge on any atom is 0.332 e. The predicted octanol–water partition coefficient (Wildman–Crippen LogP) is 2.06. The third-order valence-electron chi connectivity index (χ3n) is 3.36. The van der Waals surface area contributed by atoms with Crippen LogP contribution in [0, 0.1) is 11.3 Å². The first-order valence-electron chi connectivity index (χ1n) is 7.62. The van der Waals surface area contributed by atoms with E-state index in [4.69, 9.17) is 14.7 Å². The summed E-state index contributed by atoms with van der Waals surface area (Å²) in [6, 6.07) is 10.3. The van der Waals surface area contributed by atoms with Gasteiger partial charge in [-0.1, -0.05) is 36.4 Å². The zero-order chi connectivity index (χ0) is 17.8. The molecule has 0 radical (unpaired) electrons. The molecule has 0 spiro atoms. The SMILES string of the molecule is C=CCCC(=O)N(C)C(COCc1ccccc1)C(=O)OCC#N. The number of ether oxygens (including phenoxy) is 2. The minimum Gasteiger partial charge on any atom is -0.449 e. The fraction of sp³-hybridized carbons (Fsp3) is 0.389. The number of rotatable bonds is 10. The zero-order valence-electron chi connectivity index (χ0n) is 13.8. The molecule has 24 heavy (non-hydrogen) atoms. The highest BCUT2D eigenvalue weighted by molar-refractivity contribution is 5.84. The topological polar surface area (TPSA) is 79.6 Å². The van der Waals surface area contributed by atoms with Crippen LogP contribution in [0.15, 0.2) is 43.0 Å². The van der Waals surface area contributed by atoms with Crippen molar-refractivity contribution in [3.8, 4) is 6.07 Å². The van der Waals surface area contributed by atoms with E-state index in [2.05, 4.69) is 6.58 Å². The van der Waals surface area contributed by atoms with Crippen LogP contribution in [0.1, 0.15) is 18.4 Å². The normalized spacial score (nSPS) is 11.2. The average molecular weight is 330 g/mol. The van der Waals surface area contributed by atoms with Crippen molar-refractivity contribution < 1.29 is 19.1 Å². The third kappa shape index (κ3) is 6.63. The quantitative estimate of drug-likeness (QED) is 0.484. The van der Waals surface area contributed by atoms with Crippen molar-refractivity contribution in [2.24, 2.45) is 0 Å². The molecule has 1 amide bonds. The van der Waals surface area contributed by atoms with E-state index in [1.54, 1.807) is 12.1 Å². The fourth-order valence-corrected chi connectivity index (χ4v) is 1.98. The van der Waals surface area contributed by atoms with Crippen LogP contribution in [0.25, 0.3) is 0 Å². The molecule has 0 heterocycles. The lowest BCUT2D eigenvalue weighted by molar-refractivity contribution is -0.156. The van der Waals surface area contributed by atoms with E-state index in [1.165, 1.54) is 11.9 Å². The highest BCUT2D eigenvalue weighted by Crippen LogP contribution is 2.08. The molecule has 128 valence electrons. The number of hydrogen-bond acceptors (Lipinski definition) is 5. The summed E-state index contributed by atoms with van der Waals surface area (Å²) in [6.45, 7) is 3.53. The van der Waals surface area contributed by atoms with Gasteiger partial charge in [-0.05, 0) is 12.0 Å². The lowest BCUT2D eigenvalue weighted by Gasteiger charge is -2.26. The Hall–Kier alpha value is -2.65. The molecule has 1 unspecified atom stereocenters. The largest absolute Gasteiger partial charge is 0.449 e. The minimum atomic E-state index is -0.889. The van der Waals surface area contributed by atoms with Crippen molar-refractivity contribution in [1.29, 1.82) is 5.26 Å². The van der Waals surface area contributed by atoms with Crippen LogP contribution in [0.4, 0.5) is 0 Å². The van der Waals surface area contributed by atoms with Gasteiger partial charge in [0.25, 0.3) is 0 Å². The predicted molar refractivity (Wildman–Crippen MR) is 88.7 cm³/mol. The molecule has 6 heteroatoms. The van der Waals surface area contributed by atoms with Gasteiger partial charge < -0.3 is 14.4 Å². The first kappa shape index (κ1) is 19.4. The van der Waals surface area contributed by atoms with E-state index in [0.29, 0.717) is 13.0 Å². The van der Waals surface area contributed by atoms with Crippen LogP contribution >= 0.6 is 0 Å². The van der Waals surface area contributed by atoms with E-state index in [0.717, 1.165) is 5.56 Å². The van der Waals surface area contributed by atoms with Gasteiger partial charge in [0.15, 0.2) is 12.6 Å². The maximum atomic E-state index is 12.1. The molecule has 0 bridgehead atoms. The highest BCUT2D eigenvalue weighted by Gasteiger charge is 2.28. The van der Waals surface area contributed by atoms with E-state index in [-0.39, 0.29) is 25.5 Å². The second-order valence-electron chi connectivity index (χ2n) is 5.11. The summed E-state index contributed by atoms with van der Waals surface area (Å²) in [5.41, 5.74) is 0.960. The molecule has 0 saturated carbocycles. The lowest BCUT2D eigenvalue weighted by atomic mass is 10.2. The number of esters is 1. The first-order chi connectivity index (χ1) is 11.6. The summed E-state index contributed by atoms with van der Waals surface area (Å²) in [6.07, 6.45) is 2.41. The van der Waals surface area contributed by atoms with Gasteiger partial charge >= 0.3 is 5.97 Å². The maximum absolute atomic E-state index is 12.1. The molecule has 1 rings (SSSR count). The zero-order valence-corrected chi connectivity index (χ0v) is 13.8. The molecule has 0 aliphatic rings. The number of carbonyl (C=O) groups excluding carboxylic acids is 2. The Kier molecular flexibility index (Phi) is 8.87. The van der Waals surface area contributed by atoms with Crippen LogP contribution in [-0.2, 0) is 25.7 Å². The lowest BCUT2D eigenvalue weighted by Crippen LogP contribution is -2.46. The number of nitriles is 1. The van der Waals surface area contributed by atoms with Gasteiger partial charge in [-0.15, -0.1) is 6.58 Å². The first-order valence-corrected chi connectivity index (χ1v) is 7.62. The number of carbonyl (C=O) groups is 2. The Morgan fingerprint density at radius 1 is 1.38 bits per heavy atom. The summed E-state index contributed by atoms with van der Waals surface area (Å²) < 4.78 is 10.4. The second-order valence-corrected chi connectivity index (χ2v) is 5.11. The van der Waals surface area contributed by atoms with Crippen molar-refractivity contribution in [2.75, 3.05) is 20.3 Å². The van der Waals surface area contributed by atoms with Crippen LogP contribution in [0.3, 0.4) is 0 Å². The summed E-state index contributed by atoms with van der Waals surface area (Å²) in [5, 5.41) is 8.54. The van der Waals surface area contributed by atoms with Crippen LogP contribution < -0.4 is 0 Å². The van der Waals surface area contributed by atoms with Gasteiger partial charge in [-0.25, -0.2) is 4.79 Å². The van der Waals surface area contributed by atoms with E-state index >= 15 is 0 Å². The molecule has 1 aromatic rings. The summed E-state index contributed by atoms with van der Waals surface area (Å²) in [4.78, 5) is 25.5. The second kappa shape index (κ2) is 11.0. The minimum absolute atomic E-state index is 0.00448. The van der Waals surface area contributed by atoms with Gasteiger partial charge in [0.05, 0.1) is 13.2 Å². The summed E-state index contributed by atoms with van der Waals surface area (Å²) in [5.74, 6) is -0.865. The molecule has 0 fully saturated rings. The van der Waals surface area contributed by atoms with Gasteiger partial charge in [0.2, 0.25) is 5.91 Å². The van der Waals surface area contributed by atoms with E-state index in [1.807, 2.05) is 30.3 Å². The summed E-state index contributed by atoms with van der Waals surface area (Å²) >= 11 is 0. The van der Waals surface area contributed by atoms with Crippen molar-refractivity contribution >= 4 is 11.9 Å². The Labute approximate surface area is 142 Å². The number of benzene rings is 1. The van der Waals surface area contributed by atoms with Crippen molar-refractivity contribution in [2.45, 2.75) is 25.5 Å². The Bertz CT molecular complexity index is 580. The van der Waals surface area contributed by atoms with Gasteiger partial charge in [-0.3, -0.25) is 4.79 Å². The van der Waals surface area contributed by atoms with Crippen molar-refractivity contribution in [3.05, 3.63) is 48.6 Å². The molecular weight excluding hydrogens is 308 g/mol. The monoisotopic (exact) mass is 330 g/mol. The number of nitrogens with zero attached hydrogens (tertiary/aromatic N) is 2. The Morgan fingerprint density at radius 3 is 2.71 bits per heavy atom. The van der Waals surface area contributed by atoms with E-state index in [9.17, 15) is 9.59 Å². The number of likely N-dealkylation sites (N-methyl/N-ethyl adjacent to an activating group) is 1. The molecule has 0 saturated heterocycles. The number of allylic oxidation sites excluding steroid dienone is 1. The Balaban J connectivity index is 2.66. The molecule has 0 aromatic heterocycles. The molecule has 0 N–H and O–H groups in total. The highest BCUT2D eigenvalue weighted by atomic mass is 16.5. The Morgan fingerprint density at radius 2 is 2.08 bits per heavy atom. The summed E-state index contributed by atoms with van der Waals surface area (Å²) in [7, 11) is 1.52. The van der Waals surface area contributed by atoms with Crippen molar-refractivity contribution in [3.63, 3.8) is 0 Å². The third-order valence-corrected chi connectivity index (χ3v) is 3.36. The van der Waals surface area contributed by atoms with Crippen LogP contribution in [0.2, 0.25) is 0 Å². The molecule has 0 aliphatic carbocycles. The standard InChI is InChI=1S/C18H22N2O4/c1-3-4-10-17(21)20(2)16(18(22)24-12-11-19)14-23-13-15-8-6-5-7-9-15/h3,5-9,16H,1,4,10,12-14H2,2H3. The van der Waals surface area contributed by atoms with Crippen molar-refractivity contribution in [1.82, 2.24) is 4.90 Å². The van der Waals surface area contributed by atoms with Crippen LogP contribution in [-0.4, -0.2) is 43.1 Å².